The largest absolute Gasteiger partial charge is 0.359 e. The second kappa shape index (κ2) is 4.10. The van der Waals surface area contributed by atoms with Crippen LogP contribution in [0.3, 0.4) is 0 Å². The zero-order chi connectivity index (χ0) is 12.7. The lowest BCUT2D eigenvalue weighted by Crippen LogP contribution is -1.98. The minimum absolute atomic E-state index is 0.600. The summed E-state index contributed by atoms with van der Waals surface area (Å²) in [5, 5.41) is 3.89. The molecule has 0 spiro atoms. The predicted molar refractivity (Wildman–Crippen MR) is 72.2 cm³/mol. The van der Waals surface area contributed by atoms with Crippen molar-refractivity contribution in [2.24, 2.45) is 0 Å². The molecule has 0 unspecified atom stereocenters. The number of H-pyrrole nitrogens is 1. The molecule has 0 saturated carbocycles. The Morgan fingerprint density at radius 2 is 2.17 bits per heavy atom. The molecule has 1 aromatic carbocycles. The van der Waals surface area contributed by atoms with Crippen molar-refractivity contribution >= 4 is 23.3 Å². The summed E-state index contributed by atoms with van der Waals surface area (Å²) < 4.78 is 7.96. The number of benzene rings is 1. The third-order valence-corrected chi connectivity index (χ3v) is 3.24. The van der Waals surface area contributed by atoms with E-state index in [1.54, 1.807) is 0 Å². The number of hydrogen-bond acceptors (Lipinski definition) is 3. The zero-order valence-corrected chi connectivity index (χ0v) is 11.0. The quantitative estimate of drug-likeness (QED) is 0.718. The molecule has 0 bridgehead atoms. The molecule has 0 aliphatic carbocycles. The van der Waals surface area contributed by atoms with Crippen LogP contribution in [0.25, 0.3) is 11.0 Å². The third-order valence-electron chi connectivity index (χ3n) is 2.92. The van der Waals surface area contributed by atoms with E-state index in [1.807, 2.05) is 23.6 Å². The highest BCUT2D eigenvalue weighted by Crippen LogP contribution is 2.17. The van der Waals surface area contributed by atoms with Gasteiger partial charge in [-0.15, -0.1) is 0 Å². The molecule has 0 amide bonds. The van der Waals surface area contributed by atoms with Crippen LogP contribution >= 0.6 is 12.2 Å². The lowest BCUT2D eigenvalue weighted by Gasteiger charge is -2.01. The Morgan fingerprint density at radius 1 is 1.33 bits per heavy atom. The van der Waals surface area contributed by atoms with E-state index in [-0.39, 0.29) is 0 Å². The normalized spacial score (nSPS) is 11.2. The fraction of sp³-hybridized carbons (Fsp3) is 0.231. The van der Waals surface area contributed by atoms with Crippen molar-refractivity contribution in [2.45, 2.75) is 20.4 Å². The van der Waals surface area contributed by atoms with Gasteiger partial charge in [-0.1, -0.05) is 11.2 Å². The van der Waals surface area contributed by atoms with Gasteiger partial charge in [-0.2, -0.15) is 0 Å². The Balaban J connectivity index is 2.13. The summed E-state index contributed by atoms with van der Waals surface area (Å²) in [5.74, 6) is 0.811. The molecular weight excluding hydrogens is 246 g/mol. The molecule has 3 rings (SSSR count). The van der Waals surface area contributed by atoms with Gasteiger partial charge in [0.25, 0.3) is 0 Å². The molecule has 0 radical (unpaired) electrons. The number of nitrogens with one attached hydrogen (secondary N) is 1. The van der Waals surface area contributed by atoms with Crippen LogP contribution < -0.4 is 0 Å². The summed E-state index contributed by atoms with van der Waals surface area (Å²) in [6.45, 7) is 4.58. The first-order valence-electron chi connectivity index (χ1n) is 5.75. The van der Waals surface area contributed by atoms with Crippen LogP contribution in [0.5, 0.6) is 0 Å². The zero-order valence-electron chi connectivity index (χ0n) is 10.2. The number of imidazole rings is 1. The van der Waals surface area contributed by atoms with Gasteiger partial charge in [0.2, 0.25) is 0 Å². The summed E-state index contributed by atoms with van der Waals surface area (Å²) in [4.78, 5) is 3.20. The molecule has 0 fully saturated rings. The van der Waals surface area contributed by atoms with Crippen LogP contribution in [0.4, 0.5) is 0 Å². The maximum absolute atomic E-state index is 5.35. The van der Waals surface area contributed by atoms with E-state index < -0.39 is 0 Å². The number of fused-ring (bicyclic) bond motifs is 1. The van der Waals surface area contributed by atoms with Gasteiger partial charge in [0.05, 0.1) is 23.3 Å². The van der Waals surface area contributed by atoms with Gasteiger partial charge < -0.3 is 14.1 Å². The number of aromatic amines is 1. The molecule has 2 heterocycles. The smallest absolute Gasteiger partial charge is 0.178 e. The van der Waals surface area contributed by atoms with Crippen LogP contribution in [0.1, 0.15) is 17.0 Å². The van der Waals surface area contributed by atoms with E-state index in [0.717, 1.165) is 22.5 Å². The van der Waals surface area contributed by atoms with Gasteiger partial charge in [-0.25, -0.2) is 0 Å². The lowest BCUT2D eigenvalue weighted by atomic mass is 10.2. The molecule has 3 aromatic rings. The van der Waals surface area contributed by atoms with Crippen LogP contribution in [0.2, 0.25) is 0 Å². The Hall–Kier alpha value is -1.88. The van der Waals surface area contributed by atoms with Gasteiger partial charge >= 0.3 is 0 Å². The summed E-state index contributed by atoms with van der Waals surface area (Å²) in [6, 6.07) is 8.15. The summed E-state index contributed by atoms with van der Waals surface area (Å²) in [7, 11) is 0. The highest BCUT2D eigenvalue weighted by atomic mass is 32.1. The molecule has 0 saturated heterocycles. The fourth-order valence-electron chi connectivity index (χ4n) is 2.07. The molecule has 1 N–H and O–H groups in total. The second-order valence-corrected chi connectivity index (χ2v) is 4.86. The standard InChI is InChI=1S/C13H13N3OS/c1-8-3-4-11-12(5-8)16(13(18)14-11)7-10-6-9(2)15-17-10/h3-6H,7H2,1-2H3,(H,14,18). The number of rotatable bonds is 2. The Morgan fingerprint density at radius 3 is 2.89 bits per heavy atom. The van der Waals surface area contributed by atoms with E-state index in [2.05, 4.69) is 29.2 Å². The highest BCUT2D eigenvalue weighted by Gasteiger charge is 2.08. The third kappa shape index (κ3) is 1.86. The van der Waals surface area contributed by atoms with Gasteiger partial charge in [-0.3, -0.25) is 0 Å². The summed E-state index contributed by atoms with van der Waals surface area (Å²) in [5.41, 5.74) is 4.22. The molecule has 0 atom stereocenters. The van der Waals surface area contributed by atoms with Crippen LogP contribution in [0.15, 0.2) is 28.8 Å². The maximum Gasteiger partial charge on any atom is 0.178 e. The highest BCUT2D eigenvalue weighted by molar-refractivity contribution is 7.71. The van der Waals surface area contributed by atoms with Crippen molar-refractivity contribution < 1.29 is 4.52 Å². The van der Waals surface area contributed by atoms with Crippen LogP contribution in [-0.4, -0.2) is 14.7 Å². The predicted octanol–water partition coefficient (Wildman–Crippen LogP) is 3.35. The molecule has 18 heavy (non-hydrogen) atoms. The first-order chi connectivity index (χ1) is 8.63. The van der Waals surface area contributed by atoms with Gasteiger partial charge in [0, 0.05) is 6.07 Å². The summed E-state index contributed by atoms with van der Waals surface area (Å²) in [6.07, 6.45) is 0. The first-order valence-corrected chi connectivity index (χ1v) is 6.16. The molecule has 0 aliphatic heterocycles. The molecule has 92 valence electrons. The van der Waals surface area contributed by atoms with Crippen molar-refractivity contribution in [1.29, 1.82) is 0 Å². The van der Waals surface area contributed by atoms with Crippen molar-refractivity contribution in [2.75, 3.05) is 0 Å². The van der Waals surface area contributed by atoms with Crippen molar-refractivity contribution in [3.8, 4) is 0 Å². The van der Waals surface area contributed by atoms with E-state index in [9.17, 15) is 0 Å². The number of aryl methyl sites for hydroxylation is 2. The fourth-order valence-corrected chi connectivity index (χ4v) is 2.34. The topological polar surface area (TPSA) is 46.8 Å². The first kappa shape index (κ1) is 11.2. The maximum atomic E-state index is 5.35. The van der Waals surface area contributed by atoms with Crippen LogP contribution in [0, 0.1) is 18.6 Å². The van der Waals surface area contributed by atoms with Crippen molar-refractivity contribution in [3.05, 3.63) is 46.1 Å². The van der Waals surface area contributed by atoms with Crippen LogP contribution in [-0.2, 0) is 6.54 Å². The Labute approximate surface area is 109 Å². The van der Waals surface area contributed by atoms with E-state index in [0.29, 0.717) is 11.3 Å². The van der Waals surface area contributed by atoms with E-state index in [1.165, 1.54) is 5.56 Å². The van der Waals surface area contributed by atoms with Gasteiger partial charge in [0.15, 0.2) is 10.5 Å². The lowest BCUT2D eigenvalue weighted by molar-refractivity contribution is 0.373. The minimum Gasteiger partial charge on any atom is -0.359 e. The average molecular weight is 259 g/mol. The average Bonchev–Trinajstić information content (AvgIpc) is 2.86. The molecule has 2 aromatic heterocycles. The van der Waals surface area contributed by atoms with Crippen molar-refractivity contribution in [1.82, 2.24) is 14.7 Å². The monoisotopic (exact) mass is 259 g/mol. The molecule has 4 nitrogen and oxygen atoms in total. The number of aromatic nitrogens is 3. The van der Waals surface area contributed by atoms with E-state index in [4.69, 9.17) is 16.7 Å². The number of nitrogens with zero attached hydrogens (tertiary/aromatic N) is 2. The second-order valence-electron chi connectivity index (χ2n) is 4.47. The SMILES string of the molecule is Cc1ccc2[nH]c(=S)n(Cc3cc(C)no3)c2c1. The van der Waals surface area contributed by atoms with Gasteiger partial charge in [0.1, 0.15) is 0 Å². The number of hydrogen-bond donors (Lipinski definition) is 1. The van der Waals surface area contributed by atoms with Crippen molar-refractivity contribution in [3.63, 3.8) is 0 Å². The van der Waals surface area contributed by atoms with Gasteiger partial charge in [-0.05, 0) is 43.8 Å². The molecule has 5 heteroatoms. The Kier molecular flexibility index (Phi) is 2.56. The molecular formula is C13H13N3OS. The van der Waals surface area contributed by atoms with E-state index >= 15 is 0 Å². The molecule has 0 aliphatic rings. The Bertz CT molecular complexity index is 766. The minimum atomic E-state index is 0.600. The summed E-state index contributed by atoms with van der Waals surface area (Å²) >= 11 is 5.35.